The quantitative estimate of drug-likeness (QED) is 0.643. The van der Waals surface area contributed by atoms with Gasteiger partial charge in [0.05, 0.1) is 11.5 Å². The Labute approximate surface area is 150 Å². The van der Waals surface area contributed by atoms with Crippen molar-refractivity contribution in [1.82, 2.24) is 9.62 Å². The molecular formula is C18H28N2O4S. The fraction of sp³-hybridized carbons (Fsp3) is 0.500. The smallest absolute Gasteiger partial charge is 0.246 e. The second-order valence-corrected chi connectivity index (χ2v) is 7.49. The molecule has 25 heavy (non-hydrogen) atoms. The molecule has 0 unspecified atom stereocenters. The van der Waals surface area contributed by atoms with E-state index in [-0.39, 0.29) is 16.8 Å². The van der Waals surface area contributed by atoms with Gasteiger partial charge in [0.25, 0.3) is 0 Å². The third kappa shape index (κ3) is 6.26. The molecule has 1 rings (SSSR count). The van der Waals surface area contributed by atoms with Crippen LogP contribution in [-0.4, -0.2) is 52.6 Å². The van der Waals surface area contributed by atoms with Crippen LogP contribution in [-0.2, 0) is 19.6 Å². The van der Waals surface area contributed by atoms with Gasteiger partial charge in [-0.2, -0.15) is 0 Å². The molecule has 0 saturated heterocycles. The van der Waals surface area contributed by atoms with Gasteiger partial charge in [-0.3, -0.25) is 4.79 Å². The molecule has 6 nitrogen and oxygen atoms in total. The van der Waals surface area contributed by atoms with Crippen LogP contribution in [0.1, 0.15) is 32.3 Å². The number of nitrogens with one attached hydrogen (secondary N) is 1. The van der Waals surface area contributed by atoms with Gasteiger partial charge in [-0.15, -0.1) is 0 Å². The van der Waals surface area contributed by atoms with E-state index in [4.69, 9.17) is 4.74 Å². The van der Waals surface area contributed by atoms with Gasteiger partial charge >= 0.3 is 0 Å². The van der Waals surface area contributed by atoms with Crippen molar-refractivity contribution in [3.8, 4) is 0 Å². The van der Waals surface area contributed by atoms with E-state index in [1.165, 1.54) is 25.3 Å². The number of ether oxygens (including phenoxy) is 1. The minimum absolute atomic E-state index is 0.0716. The van der Waals surface area contributed by atoms with Crippen LogP contribution in [0, 0.1) is 0 Å². The van der Waals surface area contributed by atoms with Crippen molar-refractivity contribution in [3.05, 3.63) is 35.9 Å². The molecular weight excluding hydrogens is 340 g/mol. The Bertz CT molecular complexity index is 665. The van der Waals surface area contributed by atoms with Crippen molar-refractivity contribution >= 4 is 22.0 Å². The van der Waals surface area contributed by atoms with Crippen molar-refractivity contribution in [1.29, 1.82) is 0 Å². The molecule has 1 aromatic carbocycles. The molecule has 7 heteroatoms. The maximum atomic E-state index is 12.5. The summed E-state index contributed by atoms with van der Waals surface area (Å²) in [7, 11) is -0.465. The average molecular weight is 368 g/mol. The average Bonchev–Trinajstić information content (AvgIpc) is 2.63. The van der Waals surface area contributed by atoms with E-state index < -0.39 is 10.0 Å². The zero-order chi connectivity index (χ0) is 18.9. The maximum absolute atomic E-state index is 12.5. The molecule has 0 aliphatic rings. The van der Waals surface area contributed by atoms with Gasteiger partial charge in [0, 0.05) is 25.8 Å². The van der Waals surface area contributed by atoms with Gasteiger partial charge in [-0.05, 0) is 43.7 Å². The first-order chi connectivity index (χ1) is 11.9. The van der Waals surface area contributed by atoms with Crippen LogP contribution in [0.3, 0.4) is 0 Å². The van der Waals surface area contributed by atoms with Crippen molar-refractivity contribution in [2.24, 2.45) is 0 Å². The molecule has 0 bridgehead atoms. The topological polar surface area (TPSA) is 75.7 Å². The molecule has 1 amide bonds. The lowest BCUT2D eigenvalue weighted by molar-refractivity contribution is -0.129. The number of carbonyl (C=O) groups is 1. The normalized spacial score (nSPS) is 12.0. The summed E-state index contributed by atoms with van der Waals surface area (Å²) in [5.41, 5.74) is 0.764. The zero-order valence-electron chi connectivity index (χ0n) is 15.4. The highest BCUT2D eigenvalue weighted by molar-refractivity contribution is 7.89. The molecule has 0 fully saturated rings. The summed E-state index contributed by atoms with van der Waals surface area (Å²) in [4.78, 5) is 14.5. The Morgan fingerprint density at radius 2 is 1.84 bits per heavy atom. The lowest BCUT2D eigenvalue weighted by Crippen LogP contribution is -2.40. The van der Waals surface area contributed by atoms with Crippen LogP contribution in [0.4, 0.5) is 0 Å². The predicted octanol–water partition coefficient (Wildman–Crippen LogP) is 2.27. The Hall–Kier alpha value is -1.70. The zero-order valence-corrected chi connectivity index (χ0v) is 16.2. The molecule has 0 aliphatic carbocycles. The monoisotopic (exact) mass is 368 g/mol. The standard InChI is InChI=1S/C18H28N2O4S/c1-5-16(6-2)20(13-14-24-4)18(21)12-9-15-7-10-17(11-8-15)25(22,23)19-3/h7-12,16,19H,5-6,13-14H2,1-4H3/b12-9+. The van der Waals surface area contributed by atoms with E-state index in [1.807, 2.05) is 4.90 Å². The third-order valence-electron chi connectivity index (χ3n) is 4.08. The molecule has 0 aliphatic heterocycles. The number of hydrogen-bond donors (Lipinski definition) is 1. The van der Waals surface area contributed by atoms with Gasteiger partial charge in [-0.1, -0.05) is 26.0 Å². The van der Waals surface area contributed by atoms with Crippen LogP contribution in [0.2, 0.25) is 0 Å². The van der Waals surface area contributed by atoms with Crippen LogP contribution in [0.5, 0.6) is 0 Å². The van der Waals surface area contributed by atoms with E-state index in [1.54, 1.807) is 25.3 Å². The van der Waals surface area contributed by atoms with Crippen LogP contribution >= 0.6 is 0 Å². The predicted molar refractivity (Wildman–Crippen MR) is 99.7 cm³/mol. The van der Waals surface area contributed by atoms with Crippen LogP contribution in [0.15, 0.2) is 35.2 Å². The number of rotatable bonds is 10. The summed E-state index contributed by atoms with van der Waals surface area (Å²) in [5.74, 6) is -0.0716. The minimum atomic E-state index is -3.45. The lowest BCUT2D eigenvalue weighted by Gasteiger charge is -2.29. The van der Waals surface area contributed by atoms with Crippen LogP contribution < -0.4 is 4.72 Å². The van der Waals surface area contributed by atoms with Crippen molar-refractivity contribution in [2.45, 2.75) is 37.6 Å². The highest BCUT2D eigenvalue weighted by Crippen LogP contribution is 2.13. The second kappa shape index (κ2) is 10.3. The SMILES string of the molecule is CCC(CC)N(CCOC)C(=O)/C=C/c1ccc(S(=O)(=O)NC)cc1. The molecule has 1 N–H and O–H groups in total. The largest absolute Gasteiger partial charge is 0.383 e. The summed E-state index contributed by atoms with van der Waals surface area (Å²) in [5, 5.41) is 0. The third-order valence-corrected chi connectivity index (χ3v) is 5.51. The van der Waals surface area contributed by atoms with E-state index in [9.17, 15) is 13.2 Å². The number of amides is 1. The Kier molecular flexibility index (Phi) is 8.82. The first-order valence-electron chi connectivity index (χ1n) is 8.40. The van der Waals surface area contributed by atoms with E-state index in [2.05, 4.69) is 18.6 Å². The van der Waals surface area contributed by atoms with E-state index in [0.29, 0.717) is 13.2 Å². The molecule has 0 saturated carbocycles. The molecule has 1 aromatic rings. The molecule has 0 radical (unpaired) electrons. The summed E-state index contributed by atoms with van der Waals surface area (Å²) in [6.07, 6.45) is 4.99. The number of carbonyl (C=O) groups excluding carboxylic acids is 1. The van der Waals surface area contributed by atoms with Gasteiger partial charge in [0.15, 0.2) is 0 Å². The molecule has 0 spiro atoms. The molecule has 0 atom stereocenters. The van der Waals surface area contributed by atoms with Crippen molar-refractivity contribution < 1.29 is 17.9 Å². The maximum Gasteiger partial charge on any atom is 0.246 e. The van der Waals surface area contributed by atoms with Gasteiger partial charge in [0.2, 0.25) is 15.9 Å². The fourth-order valence-corrected chi connectivity index (χ4v) is 3.26. The number of benzene rings is 1. The Morgan fingerprint density at radius 3 is 2.32 bits per heavy atom. The minimum Gasteiger partial charge on any atom is -0.383 e. The molecule has 140 valence electrons. The number of methoxy groups -OCH3 is 1. The highest BCUT2D eigenvalue weighted by Gasteiger charge is 2.18. The number of sulfonamides is 1. The Morgan fingerprint density at radius 1 is 1.24 bits per heavy atom. The molecule has 0 heterocycles. The highest BCUT2D eigenvalue weighted by atomic mass is 32.2. The van der Waals surface area contributed by atoms with E-state index in [0.717, 1.165) is 18.4 Å². The van der Waals surface area contributed by atoms with Gasteiger partial charge in [0.1, 0.15) is 0 Å². The van der Waals surface area contributed by atoms with Crippen LogP contribution in [0.25, 0.3) is 6.08 Å². The molecule has 0 aromatic heterocycles. The summed E-state index contributed by atoms with van der Waals surface area (Å²) >= 11 is 0. The fourth-order valence-electron chi connectivity index (χ4n) is 2.53. The van der Waals surface area contributed by atoms with Gasteiger partial charge in [-0.25, -0.2) is 13.1 Å². The summed E-state index contributed by atoms with van der Waals surface area (Å²) < 4.78 is 30.8. The summed E-state index contributed by atoms with van der Waals surface area (Å²) in [6.45, 7) is 5.16. The van der Waals surface area contributed by atoms with E-state index >= 15 is 0 Å². The summed E-state index contributed by atoms with van der Waals surface area (Å²) in [6, 6.07) is 6.55. The Balaban J connectivity index is 2.88. The van der Waals surface area contributed by atoms with Crippen molar-refractivity contribution in [2.75, 3.05) is 27.3 Å². The first kappa shape index (κ1) is 21.3. The number of hydrogen-bond acceptors (Lipinski definition) is 4. The van der Waals surface area contributed by atoms with Gasteiger partial charge < -0.3 is 9.64 Å². The van der Waals surface area contributed by atoms with Crippen molar-refractivity contribution in [3.63, 3.8) is 0 Å². The number of nitrogens with zero attached hydrogens (tertiary/aromatic N) is 1. The second-order valence-electron chi connectivity index (χ2n) is 5.60. The first-order valence-corrected chi connectivity index (χ1v) is 9.89. The lowest BCUT2D eigenvalue weighted by atomic mass is 10.1.